The molecule has 0 amide bonds. The molecule has 210 valence electrons. The molecule has 0 aliphatic carbocycles. The molecular formula is C23H29Cl5O8S. The van der Waals surface area contributed by atoms with Gasteiger partial charge in [0, 0.05) is 26.9 Å². The van der Waals surface area contributed by atoms with Gasteiger partial charge in [0.15, 0.2) is 23.0 Å². The van der Waals surface area contributed by atoms with Crippen LogP contribution in [-0.2, 0) is 9.23 Å². The molecular weight excluding hydrogens is 614 g/mol. The minimum atomic E-state index is -1.67. The molecule has 0 heterocycles. The fourth-order valence-electron chi connectivity index (χ4n) is 2.29. The van der Waals surface area contributed by atoms with Crippen molar-refractivity contribution in [2.75, 3.05) is 19.6 Å². The maximum Gasteiger partial charge on any atom is 0.335 e. The Bertz CT molecular complexity index is 914. The highest BCUT2D eigenvalue weighted by atomic mass is 36.0. The summed E-state index contributed by atoms with van der Waals surface area (Å²) in [6.07, 6.45) is 0.0750. The number of ether oxygens (including phenoxy) is 4. The first-order valence-corrected chi connectivity index (χ1v) is 14.5. The molecule has 14 heteroatoms. The smallest absolute Gasteiger partial charge is 0.335 e. The lowest BCUT2D eigenvalue weighted by Crippen LogP contribution is -2.07. The molecule has 0 saturated heterocycles. The number of aromatic carboxylic acids is 1. The van der Waals surface area contributed by atoms with Crippen LogP contribution >= 0.6 is 56.2 Å². The van der Waals surface area contributed by atoms with E-state index in [2.05, 4.69) is 21.4 Å². The van der Waals surface area contributed by atoms with Gasteiger partial charge in [-0.05, 0) is 75.7 Å². The number of carboxylic acids is 1. The summed E-state index contributed by atoms with van der Waals surface area (Å²) in [5, 5.41) is 8.47. The molecule has 0 radical (unpaired) electrons. The second-order valence-electron chi connectivity index (χ2n) is 6.93. The van der Waals surface area contributed by atoms with Gasteiger partial charge in [0.25, 0.3) is 5.24 Å². The van der Waals surface area contributed by atoms with Crippen LogP contribution in [0.5, 0.6) is 23.0 Å². The number of hydrogen-bond donors (Lipinski definition) is 1. The standard InChI is InChI=1S/C11H13ClO3.C11H14O4.CH2Cl2.Cl2OS/c2*1-7(2)15-9-5-4-8(11(12)13)6-10(9)14-3;2-1-3;1-4(2)3/h4-7H,1-3H3;4-7H,1-3H3,(H,12,13);1H2;. The third-order valence-corrected chi connectivity index (χ3v) is 3.74. The van der Waals surface area contributed by atoms with Gasteiger partial charge in [-0.1, -0.05) is 0 Å². The maximum atomic E-state index is 10.9. The molecule has 0 unspecified atom stereocenters. The van der Waals surface area contributed by atoms with Crippen molar-refractivity contribution in [3.05, 3.63) is 47.5 Å². The maximum absolute atomic E-state index is 10.9. The summed E-state index contributed by atoms with van der Waals surface area (Å²) in [7, 11) is 10.4. The molecule has 2 aromatic rings. The average Bonchev–Trinajstić information content (AvgIpc) is 2.79. The van der Waals surface area contributed by atoms with E-state index in [0.29, 0.717) is 28.6 Å². The quantitative estimate of drug-likeness (QED) is 0.233. The number of methoxy groups -OCH3 is 2. The van der Waals surface area contributed by atoms with Crippen molar-refractivity contribution in [2.45, 2.75) is 39.9 Å². The molecule has 1 N–H and O–H groups in total. The van der Waals surface area contributed by atoms with Gasteiger partial charge < -0.3 is 24.1 Å². The first-order chi connectivity index (χ1) is 17.2. The van der Waals surface area contributed by atoms with Crippen molar-refractivity contribution in [3.63, 3.8) is 0 Å². The van der Waals surface area contributed by atoms with E-state index in [0.717, 1.165) is 0 Å². The normalized spacial score (nSPS) is 9.68. The molecule has 0 bridgehead atoms. The van der Waals surface area contributed by atoms with Crippen LogP contribution in [0.25, 0.3) is 0 Å². The van der Waals surface area contributed by atoms with E-state index >= 15 is 0 Å². The number of benzene rings is 2. The molecule has 0 aromatic heterocycles. The van der Waals surface area contributed by atoms with E-state index in [1.807, 2.05) is 27.7 Å². The fourth-order valence-corrected chi connectivity index (χ4v) is 2.41. The lowest BCUT2D eigenvalue weighted by atomic mass is 10.2. The van der Waals surface area contributed by atoms with Crippen LogP contribution in [0, 0.1) is 0 Å². The molecule has 0 fully saturated rings. The number of alkyl halides is 2. The lowest BCUT2D eigenvalue weighted by Gasteiger charge is -2.13. The van der Waals surface area contributed by atoms with E-state index < -0.39 is 20.4 Å². The molecule has 0 saturated carbocycles. The lowest BCUT2D eigenvalue weighted by molar-refractivity contribution is 0.0696. The third kappa shape index (κ3) is 18.3. The third-order valence-electron chi connectivity index (χ3n) is 3.53. The molecule has 8 nitrogen and oxygen atoms in total. The largest absolute Gasteiger partial charge is 0.493 e. The Balaban J connectivity index is 0. The van der Waals surface area contributed by atoms with Gasteiger partial charge in [0.1, 0.15) is 0 Å². The summed E-state index contributed by atoms with van der Waals surface area (Å²) in [6, 6.07) is 9.38. The average molecular weight is 643 g/mol. The van der Waals surface area contributed by atoms with Crippen LogP contribution in [-0.4, -0.2) is 52.3 Å². The summed E-state index contributed by atoms with van der Waals surface area (Å²) in [5.41, 5.74) is 0.576. The highest BCUT2D eigenvalue weighted by Crippen LogP contribution is 2.30. The van der Waals surface area contributed by atoms with Crippen LogP contribution in [0.2, 0.25) is 0 Å². The number of hydrogen-bond acceptors (Lipinski definition) is 7. The first-order valence-electron chi connectivity index (χ1n) is 10.2. The molecule has 37 heavy (non-hydrogen) atoms. The van der Waals surface area contributed by atoms with Gasteiger partial charge in [-0.2, -0.15) is 0 Å². The Morgan fingerprint density at radius 1 is 0.811 bits per heavy atom. The Hall–Kier alpha value is -1.62. The zero-order chi connectivity index (χ0) is 29.1. The van der Waals surface area contributed by atoms with Crippen LogP contribution < -0.4 is 18.9 Å². The molecule has 2 rings (SSSR count). The molecule has 0 spiro atoms. The van der Waals surface area contributed by atoms with Crippen molar-refractivity contribution in [1.82, 2.24) is 0 Å². The van der Waals surface area contributed by atoms with E-state index in [1.54, 1.807) is 24.3 Å². The summed E-state index contributed by atoms with van der Waals surface area (Å²) in [5.74, 6) is 1.12. The second-order valence-corrected chi connectivity index (χ2v) is 10.6. The molecule has 2 aromatic carbocycles. The Kier molecular flexibility index (Phi) is 21.6. The topological polar surface area (TPSA) is 108 Å². The molecule has 0 aliphatic rings. The van der Waals surface area contributed by atoms with Crippen molar-refractivity contribution in [1.29, 1.82) is 0 Å². The van der Waals surface area contributed by atoms with Gasteiger partial charge in [0.2, 0.25) is 9.23 Å². The number of rotatable bonds is 8. The molecule has 0 aliphatic heterocycles. The Morgan fingerprint density at radius 3 is 1.41 bits per heavy atom. The number of carbonyl (C=O) groups is 2. The van der Waals surface area contributed by atoms with Gasteiger partial charge >= 0.3 is 5.97 Å². The fraction of sp³-hybridized carbons (Fsp3) is 0.391. The minimum Gasteiger partial charge on any atom is -0.493 e. The van der Waals surface area contributed by atoms with Crippen molar-refractivity contribution < 1.29 is 37.9 Å². The van der Waals surface area contributed by atoms with E-state index in [9.17, 15) is 9.59 Å². The van der Waals surface area contributed by atoms with Gasteiger partial charge in [0.05, 0.1) is 37.3 Å². The van der Waals surface area contributed by atoms with Crippen molar-refractivity contribution in [2.24, 2.45) is 0 Å². The van der Waals surface area contributed by atoms with Crippen molar-refractivity contribution >= 4 is 76.6 Å². The van der Waals surface area contributed by atoms with Crippen LogP contribution in [0.1, 0.15) is 48.4 Å². The van der Waals surface area contributed by atoms with E-state index in [1.165, 1.54) is 26.4 Å². The van der Waals surface area contributed by atoms with E-state index in [-0.39, 0.29) is 23.1 Å². The summed E-state index contributed by atoms with van der Waals surface area (Å²) in [4.78, 5) is 21.6. The Morgan fingerprint density at radius 2 is 1.14 bits per heavy atom. The molecule has 0 atom stereocenters. The van der Waals surface area contributed by atoms with E-state index in [4.69, 9.17) is 63.1 Å². The van der Waals surface area contributed by atoms with Gasteiger partial charge in [-0.3, -0.25) is 4.79 Å². The van der Waals surface area contributed by atoms with Crippen LogP contribution in [0.3, 0.4) is 0 Å². The first kappa shape index (κ1) is 37.5. The highest BCUT2D eigenvalue weighted by Gasteiger charge is 2.11. The summed E-state index contributed by atoms with van der Waals surface area (Å²) < 4.78 is 30.2. The van der Waals surface area contributed by atoms with Crippen LogP contribution in [0.15, 0.2) is 36.4 Å². The number of halogens is 5. The number of carboxylic acid groups (broad SMARTS) is 1. The predicted octanol–water partition coefficient (Wildman–Crippen LogP) is 7.51. The summed E-state index contributed by atoms with van der Waals surface area (Å²) >= 11 is 14.9. The summed E-state index contributed by atoms with van der Waals surface area (Å²) in [6.45, 7) is 7.62. The monoisotopic (exact) mass is 640 g/mol. The van der Waals surface area contributed by atoms with Gasteiger partial charge in [-0.15, -0.1) is 23.2 Å². The van der Waals surface area contributed by atoms with Gasteiger partial charge in [-0.25, -0.2) is 9.00 Å². The zero-order valence-corrected chi connectivity index (χ0v) is 25.5. The number of carbonyl (C=O) groups excluding carboxylic acids is 1. The predicted molar refractivity (Wildman–Crippen MR) is 151 cm³/mol. The van der Waals surface area contributed by atoms with Crippen molar-refractivity contribution in [3.8, 4) is 23.0 Å². The second kappa shape index (κ2) is 21.3. The Labute approximate surface area is 243 Å². The highest BCUT2D eigenvalue weighted by molar-refractivity contribution is 8.26. The zero-order valence-electron chi connectivity index (χ0n) is 20.9. The van der Waals surface area contributed by atoms with Crippen LogP contribution in [0.4, 0.5) is 0 Å². The SMILES string of the molecule is COc1cc(C(=O)Cl)ccc1OC(C)C.COc1cc(C(=O)O)ccc1OC(C)C.ClCCl.O=S(Cl)Cl. The minimum absolute atomic E-state index is 0.0228.